The van der Waals surface area contributed by atoms with E-state index in [4.69, 9.17) is 11.6 Å². The first-order chi connectivity index (χ1) is 9.01. The molecule has 2 N–H and O–H groups in total. The standard InChI is InChI=1S/C9H6BrClN2O.C4H11N/c1-4-2-6(11)5-3-12-9(14)7(10)8(5)13-4;1-3-4-5-2/h2-3H,1H3,(H,12,14);5H,3-4H2,1-2H3. The van der Waals surface area contributed by atoms with Crippen molar-refractivity contribution in [3.05, 3.63) is 37.8 Å². The van der Waals surface area contributed by atoms with Crippen LogP contribution in [0, 0.1) is 6.92 Å². The lowest BCUT2D eigenvalue weighted by Crippen LogP contribution is -2.06. The Hall–Kier alpha value is -0.910. The van der Waals surface area contributed by atoms with Crippen LogP contribution in [0.15, 0.2) is 21.5 Å². The first kappa shape index (κ1) is 16.1. The smallest absolute Gasteiger partial charge is 0.264 e. The van der Waals surface area contributed by atoms with Gasteiger partial charge in [0.1, 0.15) is 4.47 Å². The van der Waals surface area contributed by atoms with Gasteiger partial charge in [0.05, 0.1) is 10.5 Å². The molecule has 19 heavy (non-hydrogen) atoms. The zero-order valence-electron chi connectivity index (χ0n) is 11.2. The second-order valence-corrected chi connectivity index (χ2v) is 5.24. The largest absolute Gasteiger partial charge is 0.327 e. The SMILES string of the molecule is CCCNC.Cc1cc(Cl)c2c[nH]c(=O)c(Br)c2n1. The van der Waals surface area contributed by atoms with E-state index in [2.05, 4.69) is 38.1 Å². The van der Waals surface area contributed by atoms with Crippen molar-refractivity contribution in [1.29, 1.82) is 0 Å². The zero-order valence-corrected chi connectivity index (χ0v) is 13.5. The monoisotopic (exact) mass is 345 g/mol. The molecule has 0 saturated carbocycles. The molecule has 104 valence electrons. The molecule has 0 atom stereocenters. The van der Waals surface area contributed by atoms with Crippen LogP contribution in [0.4, 0.5) is 0 Å². The highest BCUT2D eigenvalue weighted by atomic mass is 79.9. The van der Waals surface area contributed by atoms with E-state index < -0.39 is 0 Å². The second-order valence-electron chi connectivity index (χ2n) is 4.04. The van der Waals surface area contributed by atoms with E-state index in [9.17, 15) is 4.79 Å². The van der Waals surface area contributed by atoms with Gasteiger partial charge >= 0.3 is 0 Å². The summed E-state index contributed by atoms with van der Waals surface area (Å²) in [5, 5.41) is 4.34. The number of aryl methyl sites for hydroxylation is 1. The lowest BCUT2D eigenvalue weighted by atomic mass is 10.2. The number of H-pyrrole nitrogens is 1. The molecule has 0 aromatic carbocycles. The molecule has 0 fully saturated rings. The van der Waals surface area contributed by atoms with Crippen molar-refractivity contribution in [1.82, 2.24) is 15.3 Å². The molecule has 4 nitrogen and oxygen atoms in total. The Bertz CT molecular complexity index is 611. The Balaban J connectivity index is 0.000000312. The topological polar surface area (TPSA) is 57.8 Å². The lowest BCUT2D eigenvalue weighted by molar-refractivity contribution is 0.772. The molecule has 0 aliphatic rings. The quantitative estimate of drug-likeness (QED) is 0.877. The molecule has 2 heterocycles. The Labute approximate surface area is 125 Å². The molecule has 2 aromatic heterocycles. The number of nitrogens with zero attached hydrogens (tertiary/aromatic N) is 1. The summed E-state index contributed by atoms with van der Waals surface area (Å²) in [4.78, 5) is 18.1. The van der Waals surface area contributed by atoms with Crippen LogP contribution in [0.25, 0.3) is 10.9 Å². The summed E-state index contributed by atoms with van der Waals surface area (Å²) in [5.41, 5.74) is 1.18. The Kier molecular flexibility index (Phi) is 6.48. The molecule has 0 aliphatic heterocycles. The number of aromatic amines is 1. The first-order valence-corrected chi connectivity index (χ1v) is 7.17. The molecular formula is C13H17BrClN3O. The molecule has 2 aromatic rings. The van der Waals surface area contributed by atoms with Crippen molar-refractivity contribution in [3.63, 3.8) is 0 Å². The van der Waals surface area contributed by atoms with Gasteiger partial charge in [0, 0.05) is 17.3 Å². The van der Waals surface area contributed by atoms with Gasteiger partial charge in [-0.3, -0.25) is 9.78 Å². The summed E-state index contributed by atoms with van der Waals surface area (Å²) in [6.07, 6.45) is 2.80. The predicted molar refractivity (Wildman–Crippen MR) is 84.0 cm³/mol. The van der Waals surface area contributed by atoms with Gasteiger partial charge in [0.25, 0.3) is 5.56 Å². The van der Waals surface area contributed by atoms with Gasteiger partial charge in [-0.05, 0) is 48.9 Å². The van der Waals surface area contributed by atoms with Crippen molar-refractivity contribution in [2.45, 2.75) is 20.3 Å². The van der Waals surface area contributed by atoms with Crippen LogP contribution in [-0.4, -0.2) is 23.6 Å². The van der Waals surface area contributed by atoms with Crippen molar-refractivity contribution in [2.75, 3.05) is 13.6 Å². The van der Waals surface area contributed by atoms with E-state index in [1.807, 2.05) is 14.0 Å². The average molecular weight is 347 g/mol. The lowest BCUT2D eigenvalue weighted by Gasteiger charge is -2.02. The molecule has 0 saturated heterocycles. The van der Waals surface area contributed by atoms with Gasteiger partial charge in [-0.25, -0.2) is 0 Å². The summed E-state index contributed by atoms with van der Waals surface area (Å²) in [7, 11) is 1.96. The van der Waals surface area contributed by atoms with Gasteiger partial charge in [0.2, 0.25) is 0 Å². The van der Waals surface area contributed by atoms with E-state index in [1.165, 1.54) is 6.42 Å². The van der Waals surface area contributed by atoms with Crippen LogP contribution < -0.4 is 10.9 Å². The number of rotatable bonds is 2. The van der Waals surface area contributed by atoms with Crippen molar-refractivity contribution in [3.8, 4) is 0 Å². The second kappa shape index (κ2) is 7.62. The minimum absolute atomic E-state index is 0.202. The number of halogens is 2. The summed E-state index contributed by atoms with van der Waals surface area (Å²) in [6.45, 7) is 5.12. The summed E-state index contributed by atoms with van der Waals surface area (Å²) >= 11 is 9.19. The van der Waals surface area contributed by atoms with E-state index in [0.29, 0.717) is 15.0 Å². The Morgan fingerprint density at radius 1 is 1.53 bits per heavy atom. The number of hydrogen-bond acceptors (Lipinski definition) is 3. The molecule has 0 spiro atoms. The highest BCUT2D eigenvalue weighted by Gasteiger charge is 2.07. The van der Waals surface area contributed by atoms with Crippen molar-refractivity contribution < 1.29 is 0 Å². The maximum Gasteiger partial charge on any atom is 0.264 e. The minimum atomic E-state index is -0.202. The normalized spacial score (nSPS) is 10.2. The van der Waals surface area contributed by atoms with Crippen LogP contribution >= 0.6 is 27.5 Å². The number of pyridine rings is 2. The minimum Gasteiger partial charge on any atom is -0.327 e. The van der Waals surface area contributed by atoms with Gasteiger partial charge in [-0.1, -0.05) is 18.5 Å². The Morgan fingerprint density at radius 2 is 2.21 bits per heavy atom. The molecule has 6 heteroatoms. The van der Waals surface area contributed by atoms with E-state index in [-0.39, 0.29) is 5.56 Å². The van der Waals surface area contributed by atoms with Gasteiger partial charge in [-0.2, -0.15) is 0 Å². The number of nitrogens with one attached hydrogen (secondary N) is 2. The van der Waals surface area contributed by atoms with E-state index in [1.54, 1.807) is 12.3 Å². The molecule has 0 aliphatic carbocycles. The fourth-order valence-corrected chi connectivity index (χ4v) is 2.23. The molecule has 0 bridgehead atoms. The van der Waals surface area contributed by atoms with Gasteiger partial charge in [-0.15, -0.1) is 0 Å². The summed E-state index contributed by atoms with van der Waals surface area (Å²) in [5.74, 6) is 0. The maximum atomic E-state index is 11.3. The first-order valence-electron chi connectivity index (χ1n) is 5.99. The predicted octanol–water partition coefficient (Wildman–Crippen LogP) is 3.26. The molecule has 2 rings (SSSR count). The molecule has 0 amide bonds. The third-order valence-corrected chi connectivity index (χ3v) is 3.44. The van der Waals surface area contributed by atoms with Crippen LogP contribution in [0.1, 0.15) is 19.0 Å². The van der Waals surface area contributed by atoms with Gasteiger partial charge < -0.3 is 10.3 Å². The van der Waals surface area contributed by atoms with Crippen LogP contribution in [-0.2, 0) is 0 Å². The summed E-state index contributed by atoms with van der Waals surface area (Å²) < 4.78 is 0.417. The van der Waals surface area contributed by atoms with Crippen molar-refractivity contribution >= 4 is 38.4 Å². The fourth-order valence-electron chi connectivity index (χ4n) is 1.51. The number of fused-ring (bicyclic) bond motifs is 1. The fraction of sp³-hybridized carbons (Fsp3) is 0.385. The molecule has 0 radical (unpaired) electrons. The highest BCUT2D eigenvalue weighted by molar-refractivity contribution is 9.10. The average Bonchev–Trinajstić information content (AvgIpc) is 2.36. The third-order valence-electron chi connectivity index (χ3n) is 2.39. The molecule has 0 unspecified atom stereocenters. The van der Waals surface area contributed by atoms with Crippen molar-refractivity contribution in [2.24, 2.45) is 0 Å². The van der Waals surface area contributed by atoms with E-state index in [0.717, 1.165) is 17.6 Å². The Morgan fingerprint density at radius 3 is 2.74 bits per heavy atom. The van der Waals surface area contributed by atoms with Crippen LogP contribution in [0.3, 0.4) is 0 Å². The third kappa shape index (κ3) is 4.30. The molecular weight excluding hydrogens is 330 g/mol. The number of aromatic nitrogens is 2. The number of hydrogen-bond donors (Lipinski definition) is 2. The highest BCUT2D eigenvalue weighted by Crippen LogP contribution is 2.25. The van der Waals surface area contributed by atoms with E-state index >= 15 is 0 Å². The van der Waals surface area contributed by atoms with Gasteiger partial charge in [0.15, 0.2) is 0 Å². The zero-order chi connectivity index (χ0) is 14.4. The van der Waals surface area contributed by atoms with Crippen LogP contribution in [0.5, 0.6) is 0 Å². The maximum absolute atomic E-state index is 11.3. The van der Waals surface area contributed by atoms with Crippen LogP contribution in [0.2, 0.25) is 5.02 Å². The summed E-state index contributed by atoms with van der Waals surface area (Å²) in [6, 6.07) is 1.76.